The van der Waals surface area contributed by atoms with E-state index < -0.39 is 0 Å². The highest BCUT2D eigenvalue weighted by Crippen LogP contribution is 2.25. The van der Waals surface area contributed by atoms with E-state index in [-0.39, 0.29) is 6.03 Å². The fraction of sp³-hybridized carbons (Fsp3) is 0. The molecule has 1 heterocycles. The zero-order valence-corrected chi connectivity index (χ0v) is 14.5. The first kappa shape index (κ1) is 16.6. The number of amides is 2. The van der Waals surface area contributed by atoms with Crippen molar-refractivity contribution in [1.82, 2.24) is 4.98 Å². The van der Waals surface area contributed by atoms with E-state index in [1.54, 1.807) is 6.20 Å². The molecular formula is C22H18N4O. The van der Waals surface area contributed by atoms with Gasteiger partial charge in [-0.15, -0.1) is 0 Å². The Bertz CT molecular complexity index is 1060. The van der Waals surface area contributed by atoms with Gasteiger partial charge in [0.15, 0.2) is 0 Å². The summed E-state index contributed by atoms with van der Waals surface area (Å²) in [7, 11) is 0. The number of hydrogen-bond acceptors (Lipinski definition) is 3. The Hall–Kier alpha value is -3.86. The van der Waals surface area contributed by atoms with Crippen LogP contribution in [0.1, 0.15) is 0 Å². The Balaban J connectivity index is 1.43. The van der Waals surface area contributed by atoms with Crippen molar-refractivity contribution in [3.8, 4) is 0 Å². The van der Waals surface area contributed by atoms with E-state index in [0.717, 1.165) is 28.0 Å². The molecule has 0 spiro atoms. The molecule has 5 heteroatoms. The van der Waals surface area contributed by atoms with Crippen molar-refractivity contribution < 1.29 is 4.79 Å². The molecular weight excluding hydrogens is 336 g/mol. The number of hydrogen-bond donors (Lipinski definition) is 3. The highest BCUT2D eigenvalue weighted by molar-refractivity contribution is 6.00. The number of urea groups is 1. The Labute approximate surface area is 157 Å². The lowest BCUT2D eigenvalue weighted by Gasteiger charge is -2.11. The summed E-state index contributed by atoms with van der Waals surface area (Å²) in [5.41, 5.74) is 4.24. The first-order valence-electron chi connectivity index (χ1n) is 8.62. The van der Waals surface area contributed by atoms with Crippen LogP contribution in [0.3, 0.4) is 0 Å². The number of fused-ring (bicyclic) bond motifs is 1. The largest absolute Gasteiger partial charge is 0.354 e. The van der Waals surface area contributed by atoms with Crippen molar-refractivity contribution in [2.75, 3.05) is 16.0 Å². The number of anilines is 4. The number of carbonyl (C=O) groups is 1. The maximum Gasteiger partial charge on any atom is 0.323 e. The number of pyridine rings is 1. The smallest absolute Gasteiger partial charge is 0.323 e. The predicted octanol–water partition coefficient (Wildman–Crippen LogP) is 5.62. The lowest BCUT2D eigenvalue weighted by atomic mass is 10.2. The first-order chi connectivity index (χ1) is 13.3. The Morgan fingerprint density at radius 2 is 1.33 bits per heavy atom. The van der Waals surface area contributed by atoms with Gasteiger partial charge in [0.2, 0.25) is 0 Å². The van der Waals surface area contributed by atoms with Crippen molar-refractivity contribution in [3.05, 3.63) is 91.1 Å². The van der Waals surface area contributed by atoms with E-state index in [1.165, 1.54) is 0 Å². The number of carbonyl (C=O) groups excluding carboxylic acids is 1. The van der Waals surface area contributed by atoms with Gasteiger partial charge in [-0.2, -0.15) is 0 Å². The van der Waals surface area contributed by atoms with Crippen LogP contribution in [-0.4, -0.2) is 11.0 Å². The molecule has 0 bridgehead atoms. The van der Waals surface area contributed by atoms with Crippen molar-refractivity contribution in [2.45, 2.75) is 0 Å². The third-order valence-corrected chi connectivity index (χ3v) is 4.09. The fourth-order valence-corrected chi connectivity index (χ4v) is 2.81. The summed E-state index contributed by atoms with van der Waals surface area (Å²) < 4.78 is 0. The highest BCUT2D eigenvalue weighted by atomic mass is 16.2. The van der Waals surface area contributed by atoms with E-state index in [2.05, 4.69) is 20.9 Å². The van der Waals surface area contributed by atoms with Gasteiger partial charge in [-0.1, -0.05) is 36.4 Å². The van der Waals surface area contributed by atoms with Crippen molar-refractivity contribution in [1.29, 1.82) is 0 Å². The lowest BCUT2D eigenvalue weighted by molar-refractivity contribution is 0.262. The third-order valence-electron chi connectivity index (χ3n) is 4.09. The van der Waals surface area contributed by atoms with E-state index in [9.17, 15) is 4.79 Å². The Morgan fingerprint density at radius 3 is 2.11 bits per heavy atom. The topological polar surface area (TPSA) is 66.1 Å². The van der Waals surface area contributed by atoms with Gasteiger partial charge in [0.05, 0.1) is 11.2 Å². The Kier molecular flexibility index (Phi) is 4.66. The average molecular weight is 354 g/mol. The fourth-order valence-electron chi connectivity index (χ4n) is 2.81. The standard InChI is InChI=1S/C22H18N4O/c27-22(25-17-8-2-1-3-9-17)26-19-13-11-18(12-14-19)24-20-10-4-6-16-7-5-15-23-21(16)20/h1-15,24H,(H2,25,26,27). The molecule has 0 fully saturated rings. The minimum atomic E-state index is -0.278. The minimum Gasteiger partial charge on any atom is -0.354 e. The second kappa shape index (κ2) is 7.58. The quantitative estimate of drug-likeness (QED) is 0.445. The average Bonchev–Trinajstić information content (AvgIpc) is 2.70. The molecule has 0 atom stereocenters. The summed E-state index contributed by atoms with van der Waals surface area (Å²) in [6.07, 6.45) is 1.78. The zero-order chi connectivity index (χ0) is 18.5. The summed E-state index contributed by atoms with van der Waals surface area (Å²) in [6, 6.07) is 26.6. The van der Waals surface area contributed by atoms with Crippen molar-refractivity contribution >= 4 is 39.7 Å². The number of para-hydroxylation sites is 2. The maximum absolute atomic E-state index is 12.1. The second-order valence-electron chi connectivity index (χ2n) is 6.03. The summed E-state index contributed by atoms with van der Waals surface area (Å²) in [4.78, 5) is 16.5. The molecule has 0 aliphatic carbocycles. The zero-order valence-electron chi connectivity index (χ0n) is 14.5. The first-order valence-corrected chi connectivity index (χ1v) is 8.62. The maximum atomic E-state index is 12.1. The molecule has 3 aromatic carbocycles. The molecule has 27 heavy (non-hydrogen) atoms. The van der Waals surface area contributed by atoms with Crippen LogP contribution in [0.4, 0.5) is 27.5 Å². The van der Waals surface area contributed by atoms with Gasteiger partial charge < -0.3 is 16.0 Å². The second-order valence-corrected chi connectivity index (χ2v) is 6.03. The predicted molar refractivity (Wildman–Crippen MR) is 111 cm³/mol. The van der Waals surface area contributed by atoms with Crippen LogP contribution in [0.5, 0.6) is 0 Å². The number of benzene rings is 3. The summed E-state index contributed by atoms with van der Waals surface area (Å²) in [6.45, 7) is 0. The SMILES string of the molecule is O=C(Nc1ccccc1)Nc1ccc(Nc2cccc3cccnc23)cc1. The van der Waals surface area contributed by atoms with Gasteiger partial charge in [-0.25, -0.2) is 4.79 Å². The monoisotopic (exact) mass is 354 g/mol. The molecule has 0 unspecified atom stereocenters. The molecule has 4 rings (SSSR count). The van der Waals surface area contributed by atoms with E-state index in [4.69, 9.17) is 0 Å². The molecule has 2 amide bonds. The van der Waals surface area contributed by atoms with Crippen LogP contribution in [-0.2, 0) is 0 Å². The van der Waals surface area contributed by atoms with Crippen LogP contribution in [0, 0.1) is 0 Å². The van der Waals surface area contributed by atoms with E-state index in [1.807, 2.05) is 84.9 Å². The minimum absolute atomic E-state index is 0.278. The molecule has 3 N–H and O–H groups in total. The Morgan fingerprint density at radius 1 is 0.667 bits per heavy atom. The van der Waals surface area contributed by atoms with Crippen molar-refractivity contribution in [3.63, 3.8) is 0 Å². The van der Waals surface area contributed by atoms with Crippen LogP contribution in [0.25, 0.3) is 10.9 Å². The molecule has 5 nitrogen and oxygen atoms in total. The van der Waals surface area contributed by atoms with Gasteiger partial charge >= 0.3 is 6.03 Å². The number of rotatable bonds is 4. The van der Waals surface area contributed by atoms with E-state index >= 15 is 0 Å². The number of nitrogens with zero attached hydrogens (tertiary/aromatic N) is 1. The number of aromatic nitrogens is 1. The summed E-state index contributed by atoms with van der Waals surface area (Å²) >= 11 is 0. The van der Waals surface area contributed by atoms with Crippen LogP contribution >= 0.6 is 0 Å². The highest BCUT2D eigenvalue weighted by Gasteiger charge is 2.04. The molecule has 0 radical (unpaired) electrons. The van der Waals surface area contributed by atoms with Gasteiger partial charge in [-0.05, 0) is 48.5 Å². The molecule has 0 saturated carbocycles. The van der Waals surface area contributed by atoms with E-state index in [0.29, 0.717) is 5.69 Å². The van der Waals surface area contributed by atoms with Crippen LogP contribution in [0.2, 0.25) is 0 Å². The van der Waals surface area contributed by atoms with Gasteiger partial charge in [0, 0.05) is 28.6 Å². The van der Waals surface area contributed by atoms with Crippen molar-refractivity contribution in [2.24, 2.45) is 0 Å². The van der Waals surface area contributed by atoms with Crippen LogP contribution < -0.4 is 16.0 Å². The summed E-state index contributed by atoms with van der Waals surface area (Å²) in [5.74, 6) is 0. The molecule has 0 aliphatic rings. The number of nitrogens with one attached hydrogen (secondary N) is 3. The van der Waals surface area contributed by atoms with Gasteiger partial charge in [-0.3, -0.25) is 4.98 Å². The molecule has 132 valence electrons. The third kappa shape index (κ3) is 4.04. The lowest BCUT2D eigenvalue weighted by Crippen LogP contribution is -2.19. The molecule has 0 saturated heterocycles. The molecule has 4 aromatic rings. The van der Waals surface area contributed by atoms with Gasteiger partial charge in [0.1, 0.15) is 0 Å². The summed E-state index contributed by atoms with van der Waals surface area (Å²) in [5, 5.41) is 10.1. The molecule has 0 aliphatic heterocycles. The molecule has 1 aromatic heterocycles. The van der Waals surface area contributed by atoms with Crippen LogP contribution in [0.15, 0.2) is 91.1 Å². The normalized spacial score (nSPS) is 10.4. The van der Waals surface area contributed by atoms with Gasteiger partial charge in [0.25, 0.3) is 0 Å².